The fourth-order valence-electron chi connectivity index (χ4n) is 5.54. The molecule has 0 radical (unpaired) electrons. The predicted molar refractivity (Wildman–Crippen MR) is 118 cm³/mol. The number of hydrogen-bond donors (Lipinski definition) is 1. The van der Waals surface area contributed by atoms with E-state index in [4.69, 9.17) is 0 Å². The van der Waals surface area contributed by atoms with Gasteiger partial charge in [-0.1, -0.05) is 103 Å². The molecule has 0 aliphatic heterocycles. The summed E-state index contributed by atoms with van der Waals surface area (Å²) in [7, 11) is 0. The number of aliphatic hydroxyl groups is 1. The molecule has 0 bridgehead atoms. The highest BCUT2D eigenvalue weighted by molar-refractivity contribution is 5.93. The van der Waals surface area contributed by atoms with Gasteiger partial charge < -0.3 is 5.11 Å². The maximum absolute atomic E-state index is 12.2. The summed E-state index contributed by atoms with van der Waals surface area (Å²) in [5.41, 5.74) is 1.57. The number of hydrogen-bond acceptors (Lipinski definition) is 1. The van der Waals surface area contributed by atoms with E-state index in [0.717, 1.165) is 25.7 Å². The normalized spacial score (nSPS) is 22.9. The van der Waals surface area contributed by atoms with Crippen LogP contribution in [0.2, 0.25) is 0 Å². The molecule has 1 aliphatic carbocycles. The Morgan fingerprint density at radius 3 is 2.26 bits per heavy atom. The Hall–Kier alpha value is -1.60. The van der Waals surface area contributed by atoms with Crippen molar-refractivity contribution in [2.45, 2.75) is 78.7 Å². The first-order valence-electron chi connectivity index (χ1n) is 10.6. The average molecular weight is 365 g/mol. The first kappa shape index (κ1) is 20.1. The molecule has 27 heavy (non-hydrogen) atoms. The van der Waals surface area contributed by atoms with Crippen LogP contribution in [-0.2, 0) is 0 Å². The van der Waals surface area contributed by atoms with E-state index in [-0.39, 0.29) is 16.7 Å². The van der Waals surface area contributed by atoms with Crippen LogP contribution in [0.3, 0.4) is 0 Å². The minimum absolute atomic E-state index is 0.0104. The van der Waals surface area contributed by atoms with Crippen LogP contribution < -0.4 is 0 Å². The topological polar surface area (TPSA) is 20.2 Å². The van der Waals surface area contributed by atoms with Gasteiger partial charge in [-0.05, 0) is 45.6 Å². The molecule has 0 spiro atoms. The van der Waals surface area contributed by atoms with E-state index >= 15 is 0 Å². The molecule has 2 aromatic rings. The molecule has 0 saturated heterocycles. The van der Waals surface area contributed by atoms with Crippen molar-refractivity contribution in [1.82, 2.24) is 0 Å². The fraction of sp³-hybridized carbons (Fsp3) is 0.538. The highest BCUT2D eigenvalue weighted by Crippen LogP contribution is 2.57. The molecule has 0 aromatic heterocycles. The zero-order valence-electron chi connectivity index (χ0n) is 18.0. The summed E-state index contributed by atoms with van der Waals surface area (Å²) in [4.78, 5) is 0. The molecule has 1 nitrogen and oxygen atoms in total. The van der Waals surface area contributed by atoms with E-state index < -0.39 is 5.60 Å². The Kier molecular flexibility index (Phi) is 5.29. The average Bonchev–Trinajstić information content (AvgIpc) is 2.60. The molecule has 3 rings (SSSR count). The molecule has 1 heteroatoms. The molecule has 1 N–H and O–H groups in total. The molecule has 0 fully saturated rings. The van der Waals surface area contributed by atoms with Gasteiger partial charge in [0.05, 0.1) is 5.60 Å². The van der Waals surface area contributed by atoms with Gasteiger partial charge >= 0.3 is 0 Å². The second-order valence-corrected chi connectivity index (χ2v) is 9.75. The van der Waals surface area contributed by atoms with Gasteiger partial charge in [0.1, 0.15) is 0 Å². The second kappa shape index (κ2) is 7.09. The monoisotopic (exact) mass is 364 g/mol. The second-order valence-electron chi connectivity index (χ2n) is 9.75. The third-order valence-corrected chi connectivity index (χ3v) is 6.89. The summed E-state index contributed by atoms with van der Waals surface area (Å²) in [6, 6.07) is 13.1. The minimum atomic E-state index is -0.850. The van der Waals surface area contributed by atoms with Crippen LogP contribution in [0, 0.1) is 10.8 Å². The maximum Gasteiger partial charge on any atom is 0.0955 e. The lowest BCUT2D eigenvalue weighted by molar-refractivity contribution is -0.0831. The van der Waals surface area contributed by atoms with E-state index in [9.17, 15) is 5.11 Å². The SMILES string of the molecule is CCCC(C)(C)C1c2ccc3ccccc3c2C=CC1(O)C(C)(C)CCC. The maximum atomic E-state index is 12.2. The van der Waals surface area contributed by atoms with Crippen LogP contribution in [-0.4, -0.2) is 10.7 Å². The van der Waals surface area contributed by atoms with Gasteiger partial charge in [-0.3, -0.25) is 0 Å². The summed E-state index contributed by atoms with van der Waals surface area (Å²) in [5, 5.41) is 14.7. The van der Waals surface area contributed by atoms with Crippen molar-refractivity contribution in [2.75, 3.05) is 0 Å². The lowest BCUT2D eigenvalue weighted by Crippen LogP contribution is -2.53. The largest absolute Gasteiger partial charge is 0.385 e. The molecule has 146 valence electrons. The summed E-state index contributed by atoms with van der Waals surface area (Å²) in [5.74, 6) is 0.0797. The van der Waals surface area contributed by atoms with E-state index in [1.807, 2.05) is 0 Å². The lowest BCUT2D eigenvalue weighted by Gasteiger charge is -2.54. The Bertz CT molecular complexity index is 842. The van der Waals surface area contributed by atoms with Gasteiger partial charge in [-0.25, -0.2) is 0 Å². The fourth-order valence-corrected chi connectivity index (χ4v) is 5.54. The van der Waals surface area contributed by atoms with Crippen molar-refractivity contribution < 1.29 is 5.11 Å². The smallest absolute Gasteiger partial charge is 0.0955 e. The zero-order valence-corrected chi connectivity index (χ0v) is 18.0. The van der Waals surface area contributed by atoms with Crippen molar-refractivity contribution in [2.24, 2.45) is 10.8 Å². The zero-order chi connectivity index (χ0) is 19.9. The highest BCUT2D eigenvalue weighted by atomic mass is 16.3. The quantitative estimate of drug-likeness (QED) is 0.568. The Morgan fingerprint density at radius 2 is 1.59 bits per heavy atom. The van der Waals surface area contributed by atoms with Crippen LogP contribution in [0.1, 0.15) is 84.3 Å². The van der Waals surface area contributed by atoms with Gasteiger partial charge in [0.15, 0.2) is 0 Å². The Morgan fingerprint density at radius 1 is 0.926 bits per heavy atom. The van der Waals surface area contributed by atoms with Crippen LogP contribution in [0.25, 0.3) is 16.8 Å². The molecule has 0 amide bonds. The van der Waals surface area contributed by atoms with Crippen molar-refractivity contribution in [3.05, 3.63) is 53.6 Å². The summed E-state index contributed by atoms with van der Waals surface area (Å²) in [6.45, 7) is 13.6. The summed E-state index contributed by atoms with van der Waals surface area (Å²) < 4.78 is 0. The van der Waals surface area contributed by atoms with Crippen molar-refractivity contribution in [3.8, 4) is 0 Å². The number of fused-ring (bicyclic) bond motifs is 3. The molecular formula is C26H36O. The molecular weight excluding hydrogens is 328 g/mol. The predicted octanol–water partition coefficient (Wildman–Crippen LogP) is 7.33. The van der Waals surface area contributed by atoms with Gasteiger partial charge in [0, 0.05) is 5.92 Å². The first-order valence-corrected chi connectivity index (χ1v) is 10.6. The van der Waals surface area contributed by atoms with Gasteiger partial charge in [0.25, 0.3) is 0 Å². The third-order valence-electron chi connectivity index (χ3n) is 6.89. The molecule has 2 unspecified atom stereocenters. The van der Waals surface area contributed by atoms with E-state index in [1.165, 1.54) is 21.9 Å². The van der Waals surface area contributed by atoms with Gasteiger partial charge in [0.2, 0.25) is 0 Å². The third kappa shape index (κ3) is 3.25. The number of benzene rings is 2. The molecule has 2 aromatic carbocycles. The summed E-state index contributed by atoms with van der Waals surface area (Å²) >= 11 is 0. The van der Waals surface area contributed by atoms with E-state index in [0.29, 0.717) is 0 Å². The first-order chi connectivity index (χ1) is 12.7. The van der Waals surface area contributed by atoms with Crippen LogP contribution in [0.5, 0.6) is 0 Å². The van der Waals surface area contributed by atoms with Crippen LogP contribution in [0.15, 0.2) is 42.5 Å². The van der Waals surface area contributed by atoms with Crippen LogP contribution in [0.4, 0.5) is 0 Å². The van der Waals surface area contributed by atoms with Gasteiger partial charge in [-0.15, -0.1) is 0 Å². The van der Waals surface area contributed by atoms with Crippen molar-refractivity contribution >= 4 is 16.8 Å². The highest BCUT2D eigenvalue weighted by Gasteiger charge is 2.54. The van der Waals surface area contributed by atoms with Crippen molar-refractivity contribution in [3.63, 3.8) is 0 Å². The molecule has 2 atom stereocenters. The Labute approximate surface area is 165 Å². The minimum Gasteiger partial charge on any atom is -0.385 e. The Balaban J connectivity index is 2.28. The lowest BCUT2D eigenvalue weighted by atomic mass is 9.53. The van der Waals surface area contributed by atoms with E-state index in [2.05, 4.69) is 90.1 Å². The van der Waals surface area contributed by atoms with E-state index in [1.54, 1.807) is 0 Å². The standard InChI is InChI=1S/C26H36O/c1-7-16-24(3,4)23-22-14-13-19-11-9-10-12-20(19)21(22)15-18-26(23,27)25(5,6)17-8-2/h9-15,18,23,27H,7-8,16-17H2,1-6H3. The van der Waals surface area contributed by atoms with Crippen LogP contribution >= 0.6 is 0 Å². The number of rotatable bonds is 6. The molecule has 1 aliphatic rings. The molecule has 0 saturated carbocycles. The van der Waals surface area contributed by atoms with Crippen molar-refractivity contribution in [1.29, 1.82) is 0 Å². The van der Waals surface area contributed by atoms with Gasteiger partial charge in [-0.2, -0.15) is 0 Å². The summed E-state index contributed by atoms with van der Waals surface area (Å²) in [6.07, 6.45) is 8.62. The molecule has 0 heterocycles.